The number of piperidine rings is 1. The third-order valence-corrected chi connectivity index (χ3v) is 3.64. The molecule has 0 amide bonds. The van der Waals surface area contributed by atoms with Gasteiger partial charge in [-0.15, -0.1) is 11.6 Å². The third-order valence-electron chi connectivity index (χ3n) is 3.42. The summed E-state index contributed by atoms with van der Waals surface area (Å²) in [5.41, 5.74) is 1.42. The highest BCUT2D eigenvalue weighted by Gasteiger charge is 2.21. The van der Waals surface area contributed by atoms with Gasteiger partial charge < -0.3 is 0 Å². The van der Waals surface area contributed by atoms with Crippen LogP contribution in [0.5, 0.6) is 0 Å². The van der Waals surface area contributed by atoms with Crippen LogP contribution >= 0.6 is 11.6 Å². The molecule has 1 fully saturated rings. The Kier molecular flexibility index (Phi) is 4.68. The Bertz CT molecular complexity index is 297. The number of likely N-dealkylation sites (tertiary alicyclic amines) is 1. The van der Waals surface area contributed by atoms with Crippen LogP contribution in [0.2, 0.25) is 0 Å². The Balaban J connectivity index is 1.96. The average molecular weight is 238 g/mol. The highest BCUT2D eigenvalue weighted by Crippen LogP contribution is 2.22. The molecule has 1 aliphatic rings. The lowest BCUT2D eigenvalue weighted by atomic mass is 9.99. The first-order valence-electron chi connectivity index (χ1n) is 6.24. The molecule has 1 saturated heterocycles. The monoisotopic (exact) mass is 237 g/mol. The van der Waals surface area contributed by atoms with Crippen LogP contribution in [0, 0.1) is 0 Å². The van der Waals surface area contributed by atoms with E-state index in [1.54, 1.807) is 0 Å². The quantitative estimate of drug-likeness (QED) is 0.723. The average Bonchev–Trinajstić information content (AvgIpc) is 2.33. The topological polar surface area (TPSA) is 3.24 Å². The molecule has 0 unspecified atom stereocenters. The fraction of sp³-hybridized carbons (Fsp3) is 0.571. The lowest BCUT2D eigenvalue weighted by Gasteiger charge is -2.35. The van der Waals surface area contributed by atoms with E-state index in [0.717, 1.165) is 18.8 Å². The van der Waals surface area contributed by atoms with Crippen molar-refractivity contribution in [2.75, 3.05) is 12.4 Å². The molecular weight excluding hydrogens is 218 g/mol. The van der Waals surface area contributed by atoms with E-state index >= 15 is 0 Å². The van der Waals surface area contributed by atoms with Crippen molar-refractivity contribution in [3.8, 4) is 0 Å². The SMILES string of the molecule is ClCC[C@@H]1CCCCN1Cc1ccccc1. The summed E-state index contributed by atoms with van der Waals surface area (Å²) in [7, 11) is 0. The van der Waals surface area contributed by atoms with E-state index in [0.29, 0.717) is 6.04 Å². The zero-order valence-corrected chi connectivity index (χ0v) is 10.5. The Morgan fingerprint density at radius 3 is 2.75 bits per heavy atom. The van der Waals surface area contributed by atoms with E-state index in [-0.39, 0.29) is 0 Å². The normalized spacial score (nSPS) is 22.2. The van der Waals surface area contributed by atoms with E-state index in [1.807, 2.05) is 0 Å². The third kappa shape index (κ3) is 3.23. The van der Waals surface area contributed by atoms with Gasteiger partial charge in [0.2, 0.25) is 0 Å². The minimum absolute atomic E-state index is 0.700. The lowest BCUT2D eigenvalue weighted by molar-refractivity contribution is 0.137. The fourth-order valence-electron chi connectivity index (χ4n) is 2.54. The molecule has 1 aromatic carbocycles. The molecular formula is C14H20ClN. The molecule has 2 rings (SSSR count). The van der Waals surface area contributed by atoms with E-state index in [2.05, 4.69) is 35.2 Å². The summed E-state index contributed by atoms with van der Waals surface area (Å²) < 4.78 is 0. The zero-order valence-electron chi connectivity index (χ0n) is 9.74. The molecule has 1 heterocycles. The number of nitrogens with zero attached hydrogens (tertiary/aromatic N) is 1. The summed E-state index contributed by atoms with van der Waals surface area (Å²) in [6, 6.07) is 11.5. The predicted molar refractivity (Wildman–Crippen MR) is 69.8 cm³/mol. The smallest absolute Gasteiger partial charge is 0.0238 e. The molecule has 88 valence electrons. The number of rotatable bonds is 4. The van der Waals surface area contributed by atoms with Crippen LogP contribution in [0.3, 0.4) is 0 Å². The van der Waals surface area contributed by atoms with Gasteiger partial charge in [0, 0.05) is 18.5 Å². The van der Waals surface area contributed by atoms with Gasteiger partial charge in [-0.3, -0.25) is 4.90 Å². The summed E-state index contributed by atoms with van der Waals surface area (Å²) >= 11 is 5.88. The molecule has 16 heavy (non-hydrogen) atoms. The molecule has 0 bridgehead atoms. The van der Waals surface area contributed by atoms with Crippen molar-refractivity contribution in [2.45, 2.75) is 38.3 Å². The van der Waals surface area contributed by atoms with Crippen molar-refractivity contribution in [3.05, 3.63) is 35.9 Å². The van der Waals surface area contributed by atoms with Crippen molar-refractivity contribution >= 4 is 11.6 Å². The Morgan fingerprint density at radius 2 is 2.00 bits per heavy atom. The van der Waals surface area contributed by atoms with Crippen LogP contribution in [0.25, 0.3) is 0 Å². The Hall–Kier alpha value is -0.530. The van der Waals surface area contributed by atoms with E-state index in [9.17, 15) is 0 Å². The maximum Gasteiger partial charge on any atom is 0.0238 e. The molecule has 0 aromatic heterocycles. The van der Waals surface area contributed by atoms with Crippen LogP contribution in [-0.4, -0.2) is 23.4 Å². The van der Waals surface area contributed by atoms with Crippen LogP contribution in [-0.2, 0) is 6.54 Å². The van der Waals surface area contributed by atoms with Gasteiger partial charge >= 0.3 is 0 Å². The Morgan fingerprint density at radius 1 is 1.19 bits per heavy atom. The number of alkyl halides is 1. The van der Waals surface area contributed by atoms with Crippen LogP contribution < -0.4 is 0 Å². The molecule has 0 saturated carbocycles. The summed E-state index contributed by atoms with van der Waals surface area (Å²) in [6.45, 7) is 2.32. The number of hydrogen-bond acceptors (Lipinski definition) is 1. The standard InChI is InChI=1S/C14H20ClN/c15-10-9-14-8-4-5-11-16(14)12-13-6-2-1-3-7-13/h1-3,6-7,14H,4-5,8-12H2/t14-/m0/s1. The second-order valence-electron chi connectivity index (χ2n) is 4.58. The number of hydrogen-bond donors (Lipinski definition) is 0. The van der Waals surface area contributed by atoms with Gasteiger partial charge in [0.25, 0.3) is 0 Å². The van der Waals surface area contributed by atoms with Gasteiger partial charge in [-0.2, -0.15) is 0 Å². The van der Waals surface area contributed by atoms with E-state index in [1.165, 1.54) is 31.4 Å². The van der Waals surface area contributed by atoms with Crippen LogP contribution in [0.4, 0.5) is 0 Å². The van der Waals surface area contributed by atoms with Crippen molar-refractivity contribution in [1.82, 2.24) is 4.90 Å². The van der Waals surface area contributed by atoms with Gasteiger partial charge in [-0.25, -0.2) is 0 Å². The molecule has 0 aliphatic carbocycles. The molecule has 1 atom stereocenters. The van der Waals surface area contributed by atoms with Crippen molar-refractivity contribution in [3.63, 3.8) is 0 Å². The number of halogens is 1. The fourth-order valence-corrected chi connectivity index (χ4v) is 2.79. The highest BCUT2D eigenvalue weighted by molar-refractivity contribution is 6.17. The minimum atomic E-state index is 0.700. The van der Waals surface area contributed by atoms with Crippen molar-refractivity contribution in [2.24, 2.45) is 0 Å². The van der Waals surface area contributed by atoms with Gasteiger partial charge in [-0.05, 0) is 31.4 Å². The molecule has 1 aliphatic heterocycles. The molecule has 0 N–H and O–H groups in total. The maximum absolute atomic E-state index is 5.88. The van der Waals surface area contributed by atoms with Crippen molar-refractivity contribution in [1.29, 1.82) is 0 Å². The van der Waals surface area contributed by atoms with Gasteiger partial charge in [0.1, 0.15) is 0 Å². The number of benzene rings is 1. The Labute approximate surface area is 103 Å². The molecule has 1 nitrogen and oxygen atoms in total. The summed E-state index contributed by atoms with van der Waals surface area (Å²) in [5.74, 6) is 0.788. The highest BCUT2D eigenvalue weighted by atomic mass is 35.5. The lowest BCUT2D eigenvalue weighted by Crippen LogP contribution is -2.39. The first kappa shape index (κ1) is 11.9. The molecule has 0 spiro atoms. The second kappa shape index (κ2) is 6.27. The summed E-state index contributed by atoms with van der Waals surface area (Å²) in [6.07, 6.45) is 5.16. The van der Waals surface area contributed by atoms with Gasteiger partial charge in [-0.1, -0.05) is 36.8 Å². The predicted octanol–water partition coefficient (Wildman–Crippen LogP) is 3.67. The summed E-state index contributed by atoms with van der Waals surface area (Å²) in [4.78, 5) is 2.60. The summed E-state index contributed by atoms with van der Waals surface area (Å²) in [5, 5.41) is 0. The minimum Gasteiger partial charge on any atom is -0.296 e. The zero-order chi connectivity index (χ0) is 11.2. The van der Waals surface area contributed by atoms with Gasteiger partial charge in [0.05, 0.1) is 0 Å². The molecule has 0 radical (unpaired) electrons. The van der Waals surface area contributed by atoms with E-state index in [4.69, 9.17) is 11.6 Å². The van der Waals surface area contributed by atoms with Crippen LogP contribution in [0.1, 0.15) is 31.2 Å². The van der Waals surface area contributed by atoms with Gasteiger partial charge in [0.15, 0.2) is 0 Å². The molecule has 1 aromatic rings. The first-order valence-corrected chi connectivity index (χ1v) is 6.77. The maximum atomic E-state index is 5.88. The largest absolute Gasteiger partial charge is 0.296 e. The first-order chi connectivity index (χ1) is 7.90. The van der Waals surface area contributed by atoms with Crippen molar-refractivity contribution < 1.29 is 0 Å². The molecule has 2 heteroatoms. The van der Waals surface area contributed by atoms with Crippen LogP contribution in [0.15, 0.2) is 30.3 Å². The second-order valence-corrected chi connectivity index (χ2v) is 4.96. The van der Waals surface area contributed by atoms with E-state index < -0.39 is 0 Å².